The lowest BCUT2D eigenvalue weighted by Gasteiger charge is -2.18. The van der Waals surface area contributed by atoms with Crippen LogP contribution in [0.3, 0.4) is 0 Å². The molecule has 0 saturated carbocycles. The number of hydrogen-bond acceptors (Lipinski definition) is 4. The zero-order valence-corrected chi connectivity index (χ0v) is 15.0. The highest BCUT2D eigenvalue weighted by atomic mass is 16.5. The average molecular weight is 377 g/mol. The van der Waals surface area contributed by atoms with Gasteiger partial charge >= 0.3 is 11.9 Å². The number of aliphatic carboxylic acids is 1. The van der Waals surface area contributed by atoms with E-state index < -0.39 is 18.0 Å². The molecule has 3 rings (SSSR count). The van der Waals surface area contributed by atoms with Crippen LogP contribution in [0, 0.1) is 6.92 Å². The summed E-state index contributed by atoms with van der Waals surface area (Å²) in [6.07, 6.45) is 0.271. The summed E-state index contributed by atoms with van der Waals surface area (Å²) in [7, 11) is 6.03. The van der Waals surface area contributed by atoms with Crippen LogP contribution in [0.25, 0.3) is 0 Å². The van der Waals surface area contributed by atoms with Gasteiger partial charge in [-0.2, -0.15) is 0 Å². The average Bonchev–Trinajstić information content (AvgIpc) is 3.02. The van der Waals surface area contributed by atoms with Crippen LogP contribution in [0.2, 0.25) is 0 Å². The zero-order chi connectivity index (χ0) is 21.1. The number of rotatable bonds is 7. The van der Waals surface area contributed by atoms with Crippen molar-refractivity contribution < 1.29 is 25.9 Å². The van der Waals surface area contributed by atoms with E-state index in [4.69, 9.17) is 14.0 Å². The van der Waals surface area contributed by atoms with Crippen LogP contribution in [0.5, 0.6) is 5.75 Å². The van der Waals surface area contributed by atoms with Gasteiger partial charge in [0.2, 0.25) is 11.9 Å². The van der Waals surface area contributed by atoms with E-state index in [-0.39, 0.29) is 29.6 Å². The largest absolute Gasteiger partial charge is 0.478 e. The molecule has 2 radical (unpaired) electrons. The van der Waals surface area contributed by atoms with E-state index in [1.165, 1.54) is 16.7 Å². The van der Waals surface area contributed by atoms with Crippen molar-refractivity contribution in [1.29, 1.82) is 0 Å². The molecule has 0 aliphatic heterocycles. The van der Waals surface area contributed by atoms with Crippen molar-refractivity contribution in [2.24, 2.45) is 0 Å². The van der Waals surface area contributed by atoms with Gasteiger partial charge in [0.25, 0.3) is 0 Å². The monoisotopic (exact) mass is 377 g/mol. The van der Waals surface area contributed by atoms with Crippen LogP contribution in [0.15, 0.2) is 54.7 Å². The number of aromatic nitrogens is 2. The number of ether oxygens (including phenoxy) is 1. The first-order valence-electron chi connectivity index (χ1n) is 8.86. The van der Waals surface area contributed by atoms with Crippen LogP contribution in [-0.4, -0.2) is 39.5 Å². The van der Waals surface area contributed by atoms with Crippen molar-refractivity contribution in [3.05, 3.63) is 77.3 Å². The Labute approximate surface area is 164 Å². The molecule has 0 amide bonds. The van der Waals surface area contributed by atoms with Gasteiger partial charge in [-0.15, -0.1) is 0 Å². The van der Waals surface area contributed by atoms with Crippen molar-refractivity contribution in [2.75, 3.05) is 0 Å². The second-order valence-corrected chi connectivity index (χ2v) is 6.18. The fourth-order valence-corrected chi connectivity index (χ4v) is 2.78. The maximum atomic E-state index is 11.6. The molecule has 8 heteroatoms. The molecule has 0 aliphatic carbocycles. The zero-order valence-electron chi connectivity index (χ0n) is 16.0. The smallest absolute Gasteiger partial charge is 0.372 e. The maximum absolute atomic E-state index is 11.6. The Morgan fingerprint density at radius 3 is 2.61 bits per heavy atom. The number of hydrogen-bond donors (Lipinski definition) is 2. The van der Waals surface area contributed by atoms with E-state index in [1.807, 2.05) is 0 Å². The summed E-state index contributed by atoms with van der Waals surface area (Å²) in [5.41, 5.74) is 1.62. The Kier molecular flexibility index (Phi) is 5.10. The van der Waals surface area contributed by atoms with Crippen molar-refractivity contribution >= 4 is 25.2 Å². The highest BCUT2D eigenvalue weighted by Crippen LogP contribution is 2.21. The third-order valence-corrected chi connectivity index (χ3v) is 4.00. The topological polar surface area (TPSA) is 102 Å². The highest BCUT2D eigenvalue weighted by Gasteiger charge is 2.22. The lowest BCUT2D eigenvalue weighted by molar-refractivity contribution is -0.145. The van der Waals surface area contributed by atoms with Crippen molar-refractivity contribution in [2.45, 2.75) is 19.6 Å². The fraction of sp³-hybridized carbons (Fsp3) is 0.150. The number of aryl methyl sites for hydroxylation is 1. The fourth-order valence-electron chi connectivity index (χ4n) is 2.78. The van der Waals surface area contributed by atoms with Gasteiger partial charge in [0.05, 0.1) is 7.06 Å². The first kappa shape index (κ1) is 17.8. The number of carboxylic acids is 2. The molecular formula is C20H17BN2O5. The summed E-state index contributed by atoms with van der Waals surface area (Å²) in [6, 6.07) is 11.2. The molecule has 1 atom stereocenters. The summed E-state index contributed by atoms with van der Waals surface area (Å²) in [5, 5.41) is 18.8. The van der Waals surface area contributed by atoms with Gasteiger partial charge in [-0.1, -0.05) is 47.9 Å². The normalized spacial score (nSPS) is 12.2. The van der Waals surface area contributed by atoms with Crippen molar-refractivity contribution in [1.82, 2.24) is 9.55 Å². The Balaban J connectivity index is 1.90. The van der Waals surface area contributed by atoms with Crippen LogP contribution in [0.4, 0.5) is 0 Å². The van der Waals surface area contributed by atoms with E-state index in [0.717, 1.165) is 0 Å². The number of benzene rings is 2. The van der Waals surface area contributed by atoms with E-state index >= 15 is 0 Å². The summed E-state index contributed by atoms with van der Waals surface area (Å²) in [6.45, 7) is 1.82. The van der Waals surface area contributed by atoms with E-state index in [2.05, 4.69) is 4.98 Å². The first-order valence-corrected chi connectivity index (χ1v) is 8.36. The van der Waals surface area contributed by atoms with Crippen LogP contribution in [-0.2, 0) is 11.3 Å². The molecule has 1 heterocycles. The number of imidazole rings is 1. The Hall–Kier alpha value is -3.55. The maximum Gasteiger partial charge on any atom is 0.372 e. The van der Waals surface area contributed by atoms with Crippen LogP contribution in [0.1, 0.15) is 34.9 Å². The lowest BCUT2D eigenvalue weighted by atomic mass is 9.93. The summed E-state index contributed by atoms with van der Waals surface area (Å²) < 4.78 is 15.2. The molecule has 140 valence electrons. The molecule has 2 aromatic carbocycles. The summed E-state index contributed by atoms with van der Waals surface area (Å²) >= 11 is 0. The molecule has 2 N–H and O–H groups in total. The van der Waals surface area contributed by atoms with Crippen LogP contribution < -0.4 is 10.2 Å². The van der Waals surface area contributed by atoms with Gasteiger partial charge in [0.15, 0.2) is 0 Å². The van der Waals surface area contributed by atoms with E-state index in [9.17, 15) is 19.8 Å². The lowest BCUT2D eigenvalue weighted by Crippen LogP contribution is -2.21. The van der Waals surface area contributed by atoms with Gasteiger partial charge in [0.1, 0.15) is 13.6 Å². The second-order valence-electron chi connectivity index (χ2n) is 6.18. The number of aromatic carboxylic acids is 1. The van der Waals surface area contributed by atoms with E-state index in [0.29, 0.717) is 16.8 Å². The Morgan fingerprint density at radius 2 is 2.00 bits per heavy atom. The molecule has 3 aromatic rings. The molecule has 0 spiro atoms. The summed E-state index contributed by atoms with van der Waals surface area (Å²) in [5.74, 6) is -2.54. The van der Waals surface area contributed by atoms with Gasteiger partial charge in [-0.25, -0.2) is 14.6 Å². The quantitative estimate of drug-likeness (QED) is 0.611. The molecule has 28 heavy (non-hydrogen) atoms. The third-order valence-electron chi connectivity index (χ3n) is 4.00. The predicted molar refractivity (Wildman–Crippen MR) is 102 cm³/mol. The Morgan fingerprint density at radius 1 is 1.29 bits per heavy atom. The minimum atomic E-state index is -1.32. The first-order chi connectivity index (χ1) is 13.8. The predicted octanol–water partition coefficient (Wildman–Crippen LogP) is 1.94. The molecule has 0 aliphatic rings. The molecule has 0 saturated heterocycles. The van der Waals surface area contributed by atoms with Gasteiger partial charge in [-0.3, -0.25) is 0 Å². The number of carboxylic acid groups (broad SMARTS) is 2. The molecule has 0 fully saturated rings. The molecule has 1 unspecified atom stereocenters. The summed E-state index contributed by atoms with van der Waals surface area (Å²) in [4.78, 5) is 26.9. The third kappa shape index (κ3) is 4.23. The van der Waals surface area contributed by atoms with Gasteiger partial charge in [-0.05, 0) is 18.5 Å². The van der Waals surface area contributed by atoms with Crippen molar-refractivity contribution in [3.63, 3.8) is 0 Å². The molecule has 7 nitrogen and oxygen atoms in total. The Bertz CT molecular complexity index is 1040. The minimum Gasteiger partial charge on any atom is -0.478 e. The SMILES string of the molecule is [2H]c1cc(Cn2cc(C)nc2C(=O)O)cc([B])c1OC(C(=O)O)c1ccccc1. The molecule has 0 bridgehead atoms. The number of carbonyl (C=O) groups is 2. The standard InChI is InChI=1S/C20H17BN2O5/c1-12-10-23(18(22-12)20(26)27)11-13-7-8-16(15(21)9-13)28-17(19(24)25)14-5-3-2-4-6-14/h2-10,17H,11H2,1H3,(H,24,25)(H,26,27)/i8D. The van der Waals surface area contributed by atoms with Gasteiger partial charge < -0.3 is 19.5 Å². The van der Waals surface area contributed by atoms with Gasteiger partial charge in [0, 0.05) is 18.3 Å². The minimum absolute atomic E-state index is 0.0507. The molecule has 1 aromatic heterocycles. The second kappa shape index (κ2) is 8.00. The number of nitrogens with zero attached hydrogens (tertiary/aromatic N) is 2. The van der Waals surface area contributed by atoms with Crippen LogP contribution >= 0.6 is 0 Å². The molecular weight excluding hydrogens is 359 g/mol. The van der Waals surface area contributed by atoms with Crippen molar-refractivity contribution in [3.8, 4) is 5.75 Å². The van der Waals surface area contributed by atoms with E-state index in [1.54, 1.807) is 43.5 Å². The highest BCUT2D eigenvalue weighted by molar-refractivity contribution is 6.34.